The molecule has 4 heteroatoms. The van der Waals surface area contributed by atoms with Crippen LogP contribution in [0.1, 0.15) is 21.5 Å². The number of nitrogens with zero attached hydrogens (tertiary/aromatic N) is 1. The van der Waals surface area contributed by atoms with Gasteiger partial charge in [0, 0.05) is 6.20 Å². The summed E-state index contributed by atoms with van der Waals surface area (Å²) < 4.78 is 5.16. The van der Waals surface area contributed by atoms with Crippen LogP contribution in [0.5, 0.6) is 11.5 Å². The van der Waals surface area contributed by atoms with Crippen LogP contribution in [-0.4, -0.2) is 16.1 Å². The zero-order chi connectivity index (χ0) is 13.1. The summed E-state index contributed by atoms with van der Waals surface area (Å²) in [5, 5.41) is 9.78. The van der Waals surface area contributed by atoms with E-state index in [1.54, 1.807) is 31.3 Å². The van der Waals surface area contributed by atoms with E-state index in [1.807, 2.05) is 6.92 Å². The second-order valence-corrected chi connectivity index (χ2v) is 4.06. The summed E-state index contributed by atoms with van der Waals surface area (Å²) in [6.07, 6.45) is 3.12. The monoisotopic (exact) mass is 243 g/mol. The topological polar surface area (TPSA) is 59.4 Å². The molecule has 18 heavy (non-hydrogen) atoms. The Labute approximate surface area is 105 Å². The predicted octanol–water partition coefficient (Wildman–Crippen LogP) is 2.62. The molecule has 0 aliphatic heterocycles. The minimum absolute atomic E-state index is 0.0527. The highest BCUT2D eigenvalue weighted by Gasteiger charge is 2.14. The normalized spacial score (nSPS) is 10.1. The lowest BCUT2D eigenvalue weighted by Gasteiger charge is -2.07. The van der Waals surface area contributed by atoms with E-state index in [4.69, 9.17) is 4.74 Å². The van der Waals surface area contributed by atoms with Crippen molar-refractivity contribution in [1.29, 1.82) is 0 Å². The van der Waals surface area contributed by atoms with Crippen LogP contribution in [0, 0.1) is 13.8 Å². The molecule has 0 radical (unpaired) electrons. The Morgan fingerprint density at radius 2 is 2.06 bits per heavy atom. The fourth-order valence-electron chi connectivity index (χ4n) is 1.57. The number of aromatic hydroxyl groups is 1. The highest BCUT2D eigenvalue weighted by Crippen LogP contribution is 2.23. The molecule has 0 atom stereocenters. The molecule has 92 valence electrons. The van der Waals surface area contributed by atoms with Gasteiger partial charge in [0.05, 0.1) is 6.20 Å². The van der Waals surface area contributed by atoms with E-state index in [2.05, 4.69) is 4.98 Å². The van der Waals surface area contributed by atoms with Gasteiger partial charge in [-0.2, -0.15) is 0 Å². The summed E-state index contributed by atoms with van der Waals surface area (Å²) in [7, 11) is 0. The third-order valence-corrected chi connectivity index (χ3v) is 2.52. The number of para-hydroxylation sites is 1. The Hall–Kier alpha value is -2.36. The molecule has 0 aliphatic carbocycles. The summed E-state index contributed by atoms with van der Waals surface area (Å²) in [5.74, 6) is -0.285. The first-order valence-corrected chi connectivity index (χ1v) is 5.50. The highest BCUT2D eigenvalue weighted by molar-refractivity contribution is 5.94. The van der Waals surface area contributed by atoms with Crippen LogP contribution < -0.4 is 4.74 Å². The molecule has 2 aromatic rings. The number of carbonyl (C=O) groups is 1. The largest absolute Gasteiger partial charge is 0.507 e. The van der Waals surface area contributed by atoms with Crippen LogP contribution in [0.4, 0.5) is 0 Å². The average Bonchev–Trinajstić information content (AvgIpc) is 2.32. The molecule has 0 fully saturated rings. The fraction of sp³-hybridized carbons (Fsp3) is 0.143. The number of benzene rings is 1. The number of aromatic nitrogens is 1. The number of rotatable bonds is 2. The molecule has 4 nitrogen and oxygen atoms in total. The number of pyridine rings is 1. The van der Waals surface area contributed by atoms with Crippen LogP contribution in [0.2, 0.25) is 0 Å². The molecule has 1 aromatic heterocycles. The number of carbonyl (C=O) groups excluding carboxylic acids is 1. The van der Waals surface area contributed by atoms with Crippen molar-refractivity contribution in [3.8, 4) is 11.5 Å². The summed E-state index contributed by atoms with van der Waals surface area (Å²) in [6.45, 7) is 3.58. The van der Waals surface area contributed by atoms with Crippen LogP contribution in [-0.2, 0) is 0 Å². The second-order valence-electron chi connectivity index (χ2n) is 4.06. The van der Waals surface area contributed by atoms with Crippen molar-refractivity contribution in [2.75, 3.05) is 0 Å². The van der Waals surface area contributed by atoms with E-state index in [0.29, 0.717) is 11.3 Å². The minimum Gasteiger partial charge on any atom is -0.507 e. The van der Waals surface area contributed by atoms with Crippen molar-refractivity contribution < 1.29 is 14.6 Å². The fourth-order valence-corrected chi connectivity index (χ4v) is 1.57. The van der Waals surface area contributed by atoms with Crippen LogP contribution >= 0.6 is 0 Å². The predicted molar refractivity (Wildman–Crippen MR) is 66.8 cm³/mol. The molecule has 1 heterocycles. The van der Waals surface area contributed by atoms with E-state index >= 15 is 0 Å². The first-order chi connectivity index (χ1) is 8.58. The summed E-state index contributed by atoms with van der Waals surface area (Å²) in [5.41, 5.74) is 1.68. The first-order valence-electron chi connectivity index (χ1n) is 5.50. The Morgan fingerprint density at radius 3 is 2.78 bits per heavy atom. The van der Waals surface area contributed by atoms with Gasteiger partial charge in [0.2, 0.25) is 0 Å². The van der Waals surface area contributed by atoms with E-state index in [-0.39, 0.29) is 11.3 Å². The van der Waals surface area contributed by atoms with Crippen molar-refractivity contribution in [3.63, 3.8) is 0 Å². The summed E-state index contributed by atoms with van der Waals surface area (Å²) in [6, 6.07) is 6.64. The Morgan fingerprint density at radius 1 is 1.28 bits per heavy atom. The molecule has 0 amide bonds. The standard InChI is InChI=1S/C14H13NO3/c1-9-6-11(8-15-7-9)18-14(17)12-5-3-4-10(2)13(12)16/h3-8,16H,1-2H3. The quantitative estimate of drug-likeness (QED) is 0.824. The van der Waals surface area contributed by atoms with Gasteiger partial charge in [-0.05, 0) is 37.1 Å². The molecule has 0 bridgehead atoms. The van der Waals surface area contributed by atoms with Gasteiger partial charge in [-0.1, -0.05) is 12.1 Å². The summed E-state index contributed by atoms with van der Waals surface area (Å²) in [4.78, 5) is 15.8. The van der Waals surface area contributed by atoms with Crippen LogP contribution in [0.3, 0.4) is 0 Å². The second kappa shape index (κ2) is 4.87. The van der Waals surface area contributed by atoms with E-state index in [0.717, 1.165) is 5.56 Å². The molecule has 0 unspecified atom stereocenters. The summed E-state index contributed by atoms with van der Waals surface area (Å²) >= 11 is 0. The highest BCUT2D eigenvalue weighted by atomic mass is 16.5. The lowest BCUT2D eigenvalue weighted by atomic mass is 10.1. The van der Waals surface area contributed by atoms with Gasteiger partial charge < -0.3 is 9.84 Å². The third-order valence-electron chi connectivity index (χ3n) is 2.52. The molecule has 1 N–H and O–H groups in total. The Kier molecular flexibility index (Phi) is 3.28. The number of hydrogen-bond acceptors (Lipinski definition) is 4. The minimum atomic E-state index is -0.594. The molecule has 0 saturated carbocycles. The van der Waals surface area contributed by atoms with Crippen molar-refractivity contribution in [1.82, 2.24) is 4.98 Å². The lowest BCUT2D eigenvalue weighted by molar-refractivity contribution is 0.0731. The van der Waals surface area contributed by atoms with Gasteiger partial charge in [-0.3, -0.25) is 4.98 Å². The molecular formula is C14H13NO3. The van der Waals surface area contributed by atoms with E-state index in [1.165, 1.54) is 12.3 Å². The van der Waals surface area contributed by atoms with Gasteiger partial charge in [0.25, 0.3) is 0 Å². The number of ether oxygens (including phenoxy) is 1. The molecular weight excluding hydrogens is 230 g/mol. The number of phenols is 1. The first kappa shape index (κ1) is 12.1. The molecule has 0 spiro atoms. The van der Waals surface area contributed by atoms with Gasteiger partial charge >= 0.3 is 5.97 Å². The van der Waals surface area contributed by atoms with E-state index < -0.39 is 5.97 Å². The Bertz CT molecular complexity index is 593. The van der Waals surface area contributed by atoms with Gasteiger partial charge in [-0.25, -0.2) is 4.79 Å². The maximum atomic E-state index is 11.9. The van der Waals surface area contributed by atoms with Crippen LogP contribution in [0.25, 0.3) is 0 Å². The maximum absolute atomic E-state index is 11.9. The molecule has 0 saturated heterocycles. The van der Waals surface area contributed by atoms with Gasteiger partial charge in [0.15, 0.2) is 0 Å². The number of esters is 1. The van der Waals surface area contributed by atoms with Gasteiger partial charge in [-0.15, -0.1) is 0 Å². The van der Waals surface area contributed by atoms with Crippen molar-refractivity contribution in [2.45, 2.75) is 13.8 Å². The lowest BCUT2D eigenvalue weighted by Crippen LogP contribution is -2.09. The van der Waals surface area contributed by atoms with Crippen molar-refractivity contribution >= 4 is 5.97 Å². The Balaban J connectivity index is 2.25. The smallest absolute Gasteiger partial charge is 0.347 e. The molecule has 1 aromatic carbocycles. The van der Waals surface area contributed by atoms with Crippen molar-refractivity contribution in [3.05, 3.63) is 53.3 Å². The number of phenolic OH excluding ortho intramolecular Hbond substituents is 1. The average molecular weight is 243 g/mol. The SMILES string of the molecule is Cc1cncc(OC(=O)c2cccc(C)c2O)c1. The van der Waals surface area contributed by atoms with Crippen LogP contribution in [0.15, 0.2) is 36.7 Å². The third kappa shape index (κ3) is 2.48. The number of hydrogen-bond donors (Lipinski definition) is 1. The zero-order valence-corrected chi connectivity index (χ0v) is 10.2. The zero-order valence-electron chi connectivity index (χ0n) is 10.2. The van der Waals surface area contributed by atoms with E-state index in [9.17, 15) is 9.90 Å². The molecule has 0 aliphatic rings. The molecule has 2 rings (SSSR count). The number of aryl methyl sites for hydroxylation is 2. The van der Waals surface area contributed by atoms with Crippen molar-refractivity contribution in [2.24, 2.45) is 0 Å². The van der Waals surface area contributed by atoms with Gasteiger partial charge in [0.1, 0.15) is 17.1 Å². The maximum Gasteiger partial charge on any atom is 0.347 e.